The van der Waals surface area contributed by atoms with E-state index < -0.39 is 0 Å². The zero-order valence-corrected chi connectivity index (χ0v) is 18.1. The molecule has 1 aromatic heterocycles. The number of halogens is 1. The Bertz CT molecular complexity index is 463. The summed E-state index contributed by atoms with van der Waals surface area (Å²) in [6.45, 7) is 14.5. The number of hydrogen-bond acceptors (Lipinski definition) is 4. The van der Waals surface area contributed by atoms with Crippen LogP contribution >= 0.6 is 35.3 Å². The molecule has 0 atom stereocenters. The lowest BCUT2D eigenvalue weighted by molar-refractivity contribution is 0.108. The lowest BCUT2D eigenvalue weighted by atomic mass is 10.2. The van der Waals surface area contributed by atoms with Crippen molar-refractivity contribution >= 4 is 41.3 Å². The average molecular weight is 454 g/mol. The van der Waals surface area contributed by atoms with Crippen LogP contribution in [0.2, 0.25) is 0 Å². The van der Waals surface area contributed by atoms with Crippen LogP contribution in [0.5, 0.6) is 0 Å². The van der Waals surface area contributed by atoms with E-state index in [9.17, 15) is 0 Å². The van der Waals surface area contributed by atoms with Crippen LogP contribution in [0.3, 0.4) is 0 Å². The van der Waals surface area contributed by atoms with E-state index in [1.165, 1.54) is 4.88 Å². The summed E-state index contributed by atoms with van der Waals surface area (Å²) >= 11 is 1.72. The van der Waals surface area contributed by atoms with Crippen molar-refractivity contribution in [1.82, 2.24) is 15.6 Å². The summed E-state index contributed by atoms with van der Waals surface area (Å²) in [6.07, 6.45) is 0.982. The molecule has 0 amide bonds. The number of thiazole rings is 1. The highest BCUT2D eigenvalue weighted by Gasteiger charge is 2.04. The van der Waals surface area contributed by atoms with Crippen LogP contribution < -0.4 is 10.6 Å². The normalized spacial score (nSPS) is 11.5. The van der Waals surface area contributed by atoms with Gasteiger partial charge in [0.05, 0.1) is 17.2 Å². The second kappa shape index (κ2) is 12.9. The highest BCUT2D eigenvalue weighted by atomic mass is 127. The Hall–Kier alpha value is -0.410. The average Bonchev–Trinajstić information content (AvgIpc) is 2.77. The van der Waals surface area contributed by atoms with Crippen molar-refractivity contribution in [1.29, 1.82) is 0 Å². The molecule has 7 heteroatoms. The number of nitrogens with zero attached hydrogens (tertiary/aromatic N) is 2. The Kier molecular flexibility index (Phi) is 12.7. The van der Waals surface area contributed by atoms with Crippen molar-refractivity contribution < 1.29 is 4.74 Å². The fourth-order valence-corrected chi connectivity index (χ4v) is 2.77. The molecular weight excluding hydrogens is 423 g/mol. The van der Waals surface area contributed by atoms with Gasteiger partial charge in [0, 0.05) is 31.2 Å². The number of aryl methyl sites for hydroxylation is 2. The Morgan fingerprint density at radius 1 is 1.30 bits per heavy atom. The smallest absolute Gasteiger partial charge is 0.191 e. The van der Waals surface area contributed by atoms with E-state index in [1.807, 2.05) is 13.8 Å². The molecule has 0 saturated heterocycles. The number of aliphatic imine (C=N–C) groups is 1. The molecule has 134 valence electrons. The zero-order valence-electron chi connectivity index (χ0n) is 14.9. The van der Waals surface area contributed by atoms with Gasteiger partial charge in [0.1, 0.15) is 0 Å². The molecule has 23 heavy (non-hydrogen) atoms. The van der Waals surface area contributed by atoms with E-state index in [0.29, 0.717) is 12.5 Å². The maximum absolute atomic E-state index is 5.58. The molecule has 0 fully saturated rings. The molecule has 0 aliphatic carbocycles. The van der Waals surface area contributed by atoms with Gasteiger partial charge in [0.15, 0.2) is 5.96 Å². The SMILES string of the molecule is CCNC(=NCc1sc(C)nc1C)NCCCOCC(C)C.I. The lowest BCUT2D eigenvalue weighted by Crippen LogP contribution is -2.38. The summed E-state index contributed by atoms with van der Waals surface area (Å²) < 4.78 is 5.58. The molecule has 0 bridgehead atoms. The second-order valence-electron chi connectivity index (χ2n) is 5.69. The van der Waals surface area contributed by atoms with Crippen molar-refractivity contribution in [2.45, 2.75) is 47.6 Å². The molecule has 0 spiro atoms. The van der Waals surface area contributed by atoms with Gasteiger partial charge in [-0.25, -0.2) is 9.98 Å². The summed E-state index contributed by atoms with van der Waals surface area (Å²) in [7, 11) is 0. The van der Waals surface area contributed by atoms with Crippen molar-refractivity contribution in [3.63, 3.8) is 0 Å². The van der Waals surface area contributed by atoms with Gasteiger partial charge in [-0.2, -0.15) is 0 Å². The van der Waals surface area contributed by atoms with E-state index >= 15 is 0 Å². The number of guanidine groups is 1. The Labute approximate surface area is 161 Å². The van der Waals surface area contributed by atoms with Gasteiger partial charge < -0.3 is 15.4 Å². The van der Waals surface area contributed by atoms with Crippen LogP contribution in [0.4, 0.5) is 0 Å². The maximum atomic E-state index is 5.58. The first-order chi connectivity index (χ1) is 10.5. The molecule has 5 nitrogen and oxygen atoms in total. The van der Waals surface area contributed by atoms with Crippen molar-refractivity contribution in [2.24, 2.45) is 10.9 Å². The van der Waals surface area contributed by atoms with Crippen molar-refractivity contribution in [3.05, 3.63) is 15.6 Å². The predicted octanol–water partition coefficient (Wildman–Crippen LogP) is 3.50. The molecule has 2 N–H and O–H groups in total. The van der Waals surface area contributed by atoms with E-state index in [1.54, 1.807) is 11.3 Å². The highest BCUT2D eigenvalue weighted by Crippen LogP contribution is 2.17. The molecule has 0 unspecified atom stereocenters. The molecule has 0 aliphatic heterocycles. The molecular formula is C16H31IN4OS. The first-order valence-corrected chi connectivity index (χ1v) is 8.87. The van der Waals surface area contributed by atoms with Crippen molar-refractivity contribution in [3.8, 4) is 0 Å². The van der Waals surface area contributed by atoms with E-state index in [0.717, 1.165) is 49.4 Å². The molecule has 0 aromatic carbocycles. The van der Waals surface area contributed by atoms with E-state index in [4.69, 9.17) is 4.74 Å². The first-order valence-electron chi connectivity index (χ1n) is 8.05. The second-order valence-corrected chi connectivity index (χ2v) is 6.97. The van der Waals surface area contributed by atoms with Crippen LogP contribution in [0, 0.1) is 19.8 Å². The van der Waals surface area contributed by atoms with Gasteiger partial charge in [-0.1, -0.05) is 13.8 Å². The van der Waals surface area contributed by atoms with Crippen LogP contribution in [0.25, 0.3) is 0 Å². The monoisotopic (exact) mass is 454 g/mol. The van der Waals surface area contributed by atoms with Crippen LogP contribution in [0.15, 0.2) is 4.99 Å². The summed E-state index contributed by atoms with van der Waals surface area (Å²) in [6, 6.07) is 0. The molecule has 1 rings (SSSR count). The van der Waals surface area contributed by atoms with E-state index in [2.05, 4.69) is 41.4 Å². The van der Waals surface area contributed by atoms with Gasteiger partial charge in [-0.3, -0.25) is 0 Å². The summed E-state index contributed by atoms with van der Waals surface area (Å²) in [4.78, 5) is 10.3. The van der Waals surface area contributed by atoms with Gasteiger partial charge >= 0.3 is 0 Å². The Morgan fingerprint density at radius 2 is 2.04 bits per heavy atom. The molecule has 1 heterocycles. The van der Waals surface area contributed by atoms with Gasteiger partial charge in [-0.15, -0.1) is 35.3 Å². The number of ether oxygens (including phenoxy) is 1. The first kappa shape index (κ1) is 22.6. The minimum Gasteiger partial charge on any atom is -0.381 e. The number of aromatic nitrogens is 1. The summed E-state index contributed by atoms with van der Waals surface area (Å²) in [5, 5.41) is 7.72. The fourth-order valence-electron chi connectivity index (χ4n) is 1.91. The molecule has 1 aromatic rings. The predicted molar refractivity (Wildman–Crippen MR) is 110 cm³/mol. The third kappa shape index (κ3) is 10.1. The quantitative estimate of drug-likeness (QED) is 0.260. The lowest BCUT2D eigenvalue weighted by Gasteiger charge is -2.11. The van der Waals surface area contributed by atoms with E-state index in [-0.39, 0.29) is 24.0 Å². The Balaban J connectivity index is 0.00000484. The standard InChI is InChI=1S/C16H30N4OS.HI/c1-6-17-16(18-8-7-9-21-11-12(2)3)19-10-15-13(4)20-14(5)22-15;/h12H,6-11H2,1-5H3,(H2,17,18,19);1H. The van der Waals surface area contributed by atoms with Gasteiger partial charge in [-0.05, 0) is 33.1 Å². The largest absolute Gasteiger partial charge is 0.381 e. The fraction of sp³-hybridized carbons (Fsp3) is 0.750. The third-order valence-electron chi connectivity index (χ3n) is 2.93. The van der Waals surface area contributed by atoms with Crippen LogP contribution in [0.1, 0.15) is 42.8 Å². The summed E-state index contributed by atoms with van der Waals surface area (Å²) in [5.74, 6) is 1.45. The maximum Gasteiger partial charge on any atom is 0.191 e. The van der Waals surface area contributed by atoms with Crippen LogP contribution in [-0.2, 0) is 11.3 Å². The highest BCUT2D eigenvalue weighted by molar-refractivity contribution is 14.0. The zero-order chi connectivity index (χ0) is 16.4. The number of hydrogen-bond donors (Lipinski definition) is 2. The number of rotatable bonds is 9. The van der Waals surface area contributed by atoms with Crippen molar-refractivity contribution in [2.75, 3.05) is 26.3 Å². The van der Waals surface area contributed by atoms with Crippen LogP contribution in [-0.4, -0.2) is 37.2 Å². The topological polar surface area (TPSA) is 58.5 Å². The minimum absolute atomic E-state index is 0. The molecule has 0 radical (unpaired) electrons. The number of nitrogens with one attached hydrogen (secondary N) is 2. The molecule has 0 saturated carbocycles. The molecule has 0 aliphatic rings. The minimum atomic E-state index is 0. The summed E-state index contributed by atoms with van der Waals surface area (Å²) in [5.41, 5.74) is 1.09. The third-order valence-corrected chi connectivity index (χ3v) is 3.99. The van der Waals surface area contributed by atoms with Gasteiger partial charge in [0.25, 0.3) is 0 Å². The van der Waals surface area contributed by atoms with Gasteiger partial charge in [0.2, 0.25) is 0 Å². The Morgan fingerprint density at radius 3 is 2.61 bits per heavy atom.